The molecule has 1 aliphatic heterocycles. The van der Waals surface area contributed by atoms with Gasteiger partial charge in [0.1, 0.15) is 0 Å². The number of rotatable bonds is 5. The summed E-state index contributed by atoms with van der Waals surface area (Å²) < 4.78 is -0.326. The number of hydrogen-bond donors (Lipinski definition) is 1. The van der Waals surface area contributed by atoms with Crippen molar-refractivity contribution in [2.24, 2.45) is 0 Å². The molecule has 0 spiro atoms. The Hall–Kier alpha value is -2.08. The van der Waals surface area contributed by atoms with Crippen LogP contribution in [0, 0.1) is 6.92 Å². The molecule has 0 bridgehead atoms. The average Bonchev–Trinajstić information content (AvgIpc) is 3.19. The number of benzene rings is 1. The maximum absolute atomic E-state index is 13.3. The largest absolute Gasteiger partial charge is 0.353 e. The van der Waals surface area contributed by atoms with E-state index in [4.69, 9.17) is 0 Å². The van der Waals surface area contributed by atoms with E-state index in [1.165, 1.54) is 4.90 Å². The van der Waals surface area contributed by atoms with Gasteiger partial charge in [0, 0.05) is 24.0 Å². The first kappa shape index (κ1) is 19.2. The molecule has 148 valence electrons. The Balaban J connectivity index is 1.43. The van der Waals surface area contributed by atoms with Gasteiger partial charge in [-0.15, -0.1) is 16.9 Å². The summed E-state index contributed by atoms with van der Waals surface area (Å²) in [4.78, 5) is 16.8. The predicted octanol–water partition coefficient (Wildman–Crippen LogP) is 3.98. The van der Waals surface area contributed by atoms with Crippen molar-refractivity contribution in [1.29, 1.82) is 0 Å². The summed E-state index contributed by atoms with van der Waals surface area (Å²) in [7, 11) is 0. The van der Waals surface area contributed by atoms with Gasteiger partial charge in [0.15, 0.2) is 5.82 Å². The van der Waals surface area contributed by atoms with Crippen LogP contribution in [0.15, 0.2) is 47.4 Å². The fourth-order valence-corrected chi connectivity index (χ4v) is 5.61. The van der Waals surface area contributed by atoms with Gasteiger partial charge in [-0.3, -0.25) is 4.79 Å². The van der Waals surface area contributed by atoms with E-state index in [2.05, 4.69) is 32.5 Å². The molecule has 1 unspecified atom stereocenters. The van der Waals surface area contributed by atoms with Crippen molar-refractivity contribution >= 4 is 23.5 Å². The second-order valence-electron chi connectivity index (χ2n) is 7.91. The van der Waals surface area contributed by atoms with Gasteiger partial charge in [-0.1, -0.05) is 31.0 Å². The molecule has 1 N–H and O–H groups in total. The molecule has 5 nitrogen and oxygen atoms in total. The fraction of sp³-hybridized carbons (Fsp3) is 0.500. The highest BCUT2D eigenvalue weighted by molar-refractivity contribution is 8.01. The average molecular weight is 397 g/mol. The summed E-state index contributed by atoms with van der Waals surface area (Å²) in [5.41, 5.74) is 0.923. The molecular formula is C22H28N4OS. The van der Waals surface area contributed by atoms with Gasteiger partial charge in [-0.25, -0.2) is 0 Å². The molecule has 1 saturated carbocycles. The topological polar surface area (TPSA) is 58.1 Å². The van der Waals surface area contributed by atoms with E-state index in [1.807, 2.05) is 37.3 Å². The smallest absolute Gasteiger partial charge is 0.236 e. The number of carbonyl (C=O) groups is 1. The van der Waals surface area contributed by atoms with Crippen LogP contribution in [-0.2, 0) is 4.79 Å². The van der Waals surface area contributed by atoms with Crippen LogP contribution >= 0.6 is 11.8 Å². The van der Waals surface area contributed by atoms with Crippen molar-refractivity contribution in [3.63, 3.8) is 0 Å². The second-order valence-corrected chi connectivity index (χ2v) is 9.37. The summed E-state index contributed by atoms with van der Waals surface area (Å²) in [5, 5.41) is 11.9. The monoisotopic (exact) mass is 396 g/mol. The highest BCUT2D eigenvalue weighted by atomic mass is 32.2. The molecule has 1 amide bonds. The summed E-state index contributed by atoms with van der Waals surface area (Å²) in [5.74, 6) is 1.11. The SMILES string of the molecule is Cc1ccc(N2CCCC(NC(=O)C3(Sc4ccccc4)CCCC3)C2)nn1. The van der Waals surface area contributed by atoms with E-state index < -0.39 is 0 Å². The van der Waals surface area contributed by atoms with Crippen LogP contribution in [0.3, 0.4) is 0 Å². The molecule has 4 rings (SSSR count). The first-order chi connectivity index (χ1) is 13.6. The molecule has 1 aromatic carbocycles. The molecular weight excluding hydrogens is 368 g/mol. The number of anilines is 1. The van der Waals surface area contributed by atoms with E-state index in [9.17, 15) is 4.79 Å². The van der Waals surface area contributed by atoms with Crippen LogP contribution in [0.25, 0.3) is 0 Å². The highest BCUT2D eigenvalue weighted by Crippen LogP contribution is 2.45. The maximum atomic E-state index is 13.3. The number of nitrogens with one attached hydrogen (secondary N) is 1. The van der Waals surface area contributed by atoms with Gasteiger partial charge in [-0.2, -0.15) is 5.10 Å². The maximum Gasteiger partial charge on any atom is 0.236 e. The lowest BCUT2D eigenvalue weighted by molar-refractivity contribution is -0.124. The lowest BCUT2D eigenvalue weighted by atomic mass is 10.0. The second kappa shape index (κ2) is 8.52. The van der Waals surface area contributed by atoms with Crippen molar-refractivity contribution in [1.82, 2.24) is 15.5 Å². The van der Waals surface area contributed by atoms with Crippen LogP contribution in [0.4, 0.5) is 5.82 Å². The van der Waals surface area contributed by atoms with E-state index in [-0.39, 0.29) is 16.7 Å². The Kier molecular flexibility index (Phi) is 5.85. The molecule has 28 heavy (non-hydrogen) atoms. The van der Waals surface area contributed by atoms with Crippen molar-refractivity contribution < 1.29 is 4.79 Å². The molecule has 2 aliphatic rings. The summed E-state index contributed by atoms with van der Waals surface area (Å²) in [6.07, 6.45) is 6.25. The molecule has 1 aliphatic carbocycles. The Morgan fingerprint density at radius 3 is 2.61 bits per heavy atom. The van der Waals surface area contributed by atoms with Crippen LogP contribution in [0.2, 0.25) is 0 Å². The lowest BCUT2D eigenvalue weighted by Crippen LogP contribution is -2.53. The molecule has 1 aromatic heterocycles. The number of carbonyl (C=O) groups excluding carboxylic acids is 1. The third kappa shape index (κ3) is 4.32. The van der Waals surface area contributed by atoms with Crippen molar-refractivity contribution in [3.8, 4) is 0 Å². The molecule has 2 aromatic rings. The molecule has 6 heteroatoms. The zero-order valence-electron chi connectivity index (χ0n) is 16.4. The third-order valence-electron chi connectivity index (χ3n) is 5.75. The fourth-order valence-electron chi connectivity index (χ4n) is 4.22. The van der Waals surface area contributed by atoms with Gasteiger partial charge < -0.3 is 10.2 Å². The number of hydrogen-bond acceptors (Lipinski definition) is 5. The van der Waals surface area contributed by atoms with Gasteiger partial charge in [0.25, 0.3) is 0 Å². The standard InChI is InChI=1S/C22H28N4OS/c1-17-11-12-20(25-24-17)26-15-7-8-18(16-26)23-21(27)22(13-5-6-14-22)28-19-9-3-2-4-10-19/h2-4,9-12,18H,5-8,13-16H2,1H3,(H,23,27). The van der Waals surface area contributed by atoms with Gasteiger partial charge in [0.2, 0.25) is 5.91 Å². The summed E-state index contributed by atoms with van der Waals surface area (Å²) in [6, 6.07) is 14.5. The van der Waals surface area contributed by atoms with E-state index in [0.717, 1.165) is 63.1 Å². The molecule has 1 saturated heterocycles. The van der Waals surface area contributed by atoms with E-state index >= 15 is 0 Å². The number of nitrogens with zero attached hydrogens (tertiary/aromatic N) is 3. The summed E-state index contributed by atoms with van der Waals surface area (Å²) in [6.45, 7) is 3.71. The minimum absolute atomic E-state index is 0.165. The van der Waals surface area contributed by atoms with E-state index in [1.54, 1.807) is 11.8 Å². The van der Waals surface area contributed by atoms with Gasteiger partial charge >= 0.3 is 0 Å². The molecule has 2 heterocycles. The van der Waals surface area contributed by atoms with Crippen LogP contribution in [0.5, 0.6) is 0 Å². The quantitative estimate of drug-likeness (QED) is 0.829. The van der Waals surface area contributed by atoms with Crippen LogP contribution < -0.4 is 10.2 Å². The normalized spacial score (nSPS) is 21.5. The Morgan fingerprint density at radius 1 is 1.11 bits per heavy atom. The molecule has 1 atom stereocenters. The first-order valence-electron chi connectivity index (χ1n) is 10.2. The van der Waals surface area contributed by atoms with Gasteiger partial charge in [0.05, 0.1) is 10.4 Å². The Morgan fingerprint density at radius 2 is 1.89 bits per heavy atom. The number of piperidine rings is 1. The lowest BCUT2D eigenvalue weighted by Gasteiger charge is -2.36. The van der Waals surface area contributed by atoms with Crippen LogP contribution in [0.1, 0.15) is 44.2 Å². The van der Waals surface area contributed by atoms with E-state index in [0.29, 0.717) is 0 Å². The Bertz CT molecular complexity index is 790. The van der Waals surface area contributed by atoms with Crippen molar-refractivity contribution in [3.05, 3.63) is 48.2 Å². The third-order valence-corrected chi connectivity index (χ3v) is 7.24. The first-order valence-corrected chi connectivity index (χ1v) is 11.1. The minimum Gasteiger partial charge on any atom is -0.353 e. The number of amides is 1. The Labute approximate surface area is 171 Å². The zero-order chi connectivity index (χ0) is 19.4. The number of aromatic nitrogens is 2. The molecule has 0 radical (unpaired) electrons. The predicted molar refractivity (Wildman–Crippen MR) is 114 cm³/mol. The van der Waals surface area contributed by atoms with Crippen molar-refractivity contribution in [2.45, 2.75) is 61.1 Å². The van der Waals surface area contributed by atoms with Gasteiger partial charge in [-0.05, 0) is 56.9 Å². The molecule has 2 fully saturated rings. The van der Waals surface area contributed by atoms with Crippen molar-refractivity contribution in [2.75, 3.05) is 18.0 Å². The number of thioether (sulfide) groups is 1. The zero-order valence-corrected chi connectivity index (χ0v) is 17.3. The highest BCUT2D eigenvalue weighted by Gasteiger charge is 2.43. The minimum atomic E-state index is -0.326. The number of aryl methyl sites for hydroxylation is 1. The summed E-state index contributed by atoms with van der Waals surface area (Å²) >= 11 is 1.75. The van der Waals surface area contributed by atoms with Crippen LogP contribution in [-0.4, -0.2) is 40.0 Å².